The van der Waals surface area contributed by atoms with Crippen molar-refractivity contribution in [3.8, 4) is 5.75 Å². The van der Waals surface area contributed by atoms with Gasteiger partial charge in [-0.05, 0) is 78.2 Å². The topological polar surface area (TPSA) is 20.2 Å². The Morgan fingerprint density at radius 3 is 3.05 bits per heavy atom. The van der Waals surface area contributed by atoms with E-state index < -0.39 is 0 Å². The first-order chi connectivity index (χ1) is 9.17. The normalized spacial score (nSPS) is 36.2. The van der Waals surface area contributed by atoms with Crippen LogP contribution in [0.1, 0.15) is 50.2 Å². The lowest BCUT2D eigenvalue weighted by molar-refractivity contribution is 0.168. The maximum Gasteiger partial charge on any atom is 0.115 e. The summed E-state index contributed by atoms with van der Waals surface area (Å²) in [6, 6.07) is 5.96. The zero-order chi connectivity index (χ0) is 13.0. The minimum atomic E-state index is 0.416. The summed E-state index contributed by atoms with van der Waals surface area (Å²) < 4.78 is 0. The molecular formula is C18H22O. The molecule has 1 unspecified atom stereocenters. The Morgan fingerprint density at radius 2 is 2.16 bits per heavy atom. The Kier molecular flexibility index (Phi) is 2.36. The molecule has 19 heavy (non-hydrogen) atoms. The van der Waals surface area contributed by atoms with Crippen LogP contribution in [-0.2, 0) is 6.42 Å². The number of benzene rings is 1. The van der Waals surface area contributed by atoms with Crippen molar-refractivity contribution in [2.75, 3.05) is 0 Å². The molecule has 3 atom stereocenters. The Bertz CT molecular complexity index is 557. The molecular weight excluding hydrogens is 232 g/mol. The molecule has 0 heterocycles. The van der Waals surface area contributed by atoms with Gasteiger partial charge in [-0.2, -0.15) is 0 Å². The Labute approximate surface area is 115 Å². The van der Waals surface area contributed by atoms with Gasteiger partial charge in [-0.1, -0.05) is 25.5 Å². The molecule has 1 nitrogen and oxygen atoms in total. The lowest BCUT2D eigenvalue weighted by Crippen LogP contribution is -2.34. The highest BCUT2D eigenvalue weighted by Crippen LogP contribution is 2.58. The third-order valence-electron chi connectivity index (χ3n) is 5.96. The smallest absolute Gasteiger partial charge is 0.115 e. The molecule has 1 saturated carbocycles. The summed E-state index contributed by atoms with van der Waals surface area (Å²) in [7, 11) is 0. The summed E-state index contributed by atoms with van der Waals surface area (Å²) in [5, 5.41) is 9.66. The first-order valence-electron chi connectivity index (χ1n) is 7.70. The first-order valence-corrected chi connectivity index (χ1v) is 7.70. The van der Waals surface area contributed by atoms with E-state index in [9.17, 15) is 5.11 Å². The lowest BCUT2D eigenvalue weighted by atomic mass is 9.60. The summed E-state index contributed by atoms with van der Waals surface area (Å²) in [5.41, 5.74) is 4.93. The second-order valence-corrected chi connectivity index (χ2v) is 7.00. The molecule has 3 aliphatic rings. The quantitative estimate of drug-likeness (QED) is 0.720. The molecule has 1 heteroatoms. The van der Waals surface area contributed by atoms with Crippen LogP contribution in [0.15, 0.2) is 24.3 Å². The summed E-state index contributed by atoms with van der Waals surface area (Å²) in [5.74, 6) is 2.09. The van der Waals surface area contributed by atoms with E-state index in [0.29, 0.717) is 11.2 Å². The maximum absolute atomic E-state index is 9.66. The first kappa shape index (κ1) is 11.6. The fraction of sp³-hybridized carbons (Fsp3) is 0.556. The van der Waals surface area contributed by atoms with E-state index in [-0.39, 0.29) is 0 Å². The molecule has 1 aromatic carbocycles. The molecule has 0 aromatic heterocycles. The number of rotatable bonds is 0. The molecule has 1 aromatic rings. The standard InChI is InChI=1S/C18H22O/c1-18-9-2-3-17(18)16-6-4-12-11-13(19)5-7-14(12)15(16)8-10-18/h5,7-8,11,16-17,19H,2-4,6,9-10H2,1H3/t16?,17-,18-/m1/s1. The van der Waals surface area contributed by atoms with E-state index >= 15 is 0 Å². The molecule has 0 spiro atoms. The van der Waals surface area contributed by atoms with Gasteiger partial charge in [-0.3, -0.25) is 0 Å². The summed E-state index contributed by atoms with van der Waals surface area (Å²) in [6.45, 7) is 2.50. The van der Waals surface area contributed by atoms with Crippen molar-refractivity contribution in [1.29, 1.82) is 0 Å². The van der Waals surface area contributed by atoms with Gasteiger partial charge < -0.3 is 5.11 Å². The highest BCUT2D eigenvalue weighted by Gasteiger charge is 2.46. The highest BCUT2D eigenvalue weighted by atomic mass is 16.3. The third-order valence-corrected chi connectivity index (χ3v) is 5.96. The van der Waals surface area contributed by atoms with Crippen LogP contribution in [0, 0.1) is 17.3 Å². The summed E-state index contributed by atoms with van der Waals surface area (Å²) >= 11 is 0. The molecule has 1 fully saturated rings. The van der Waals surface area contributed by atoms with Gasteiger partial charge in [0.05, 0.1) is 0 Å². The second kappa shape index (κ2) is 3.88. The summed E-state index contributed by atoms with van der Waals surface area (Å²) in [4.78, 5) is 0. The molecule has 100 valence electrons. The Morgan fingerprint density at radius 1 is 1.26 bits per heavy atom. The predicted octanol–water partition coefficient (Wildman–Crippen LogP) is 4.55. The molecule has 0 amide bonds. The molecule has 1 N–H and O–H groups in total. The zero-order valence-corrected chi connectivity index (χ0v) is 11.7. The van der Waals surface area contributed by atoms with Crippen molar-refractivity contribution >= 4 is 5.57 Å². The van der Waals surface area contributed by atoms with E-state index in [4.69, 9.17) is 0 Å². The van der Waals surface area contributed by atoms with Crippen molar-refractivity contribution in [1.82, 2.24) is 0 Å². The van der Waals surface area contributed by atoms with Crippen LogP contribution in [0.2, 0.25) is 0 Å². The summed E-state index contributed by atoms with van der Waals surface area (Å²) in [6.07, 6.45) is 10.4. The molecule has 0 bridgehead atoms. The van der Waals surface area contributed by atoms with Crippen LogP contribution < -0.4 is 0 Å². The van der Waals surface area contributed by atoms with Gasteiger partial charge in [0.15, 0.2) is 0 Å². The number of phenolic OH excluding ortho intramolecular Hbond substituents is 1. The van der Waals surface area contributed by atoms with Gasteiger partial charge in [0, 0.05) is 0 Å². The van der Waals surface area contributed by atoms with Crippen molar-refractivity contribution in [3.05, 3.63) is 35.4 Å². The fourth-order valence-electron chi connectivity index (χ4n) is 4.96. The van der Waals surface area contributed by atoms with E-state index in [1.807, 2.05) is 12.1 Å². The minimum absolute atomic E-state index is 0.416. The van der Waals surface area contributed by atoms with Gasteiger partial charge in [0.2, 0.25) is 0 Å². The molecule has 3 aliphatic carbocycles. The number of aryl methyl sites for hydroxylation is 1. The monoisotopic (exact) mass is 254 g/mol. The Balaban J connectivity index is 1.80. The van der Waals surface area contributed by atoms with Gasteiger partial charge in [0.1, 0.15) is 5.75 Å². The minimum Gasteiger partial charge on any atom is -0.508 e. The van der Waals surface area contributed by atoms with Crippen molar-refractivity contribution in [3.63, 3.8) is 0 Å². The number of aromatic hydroxyl groups is 1. The average molecular weight is 254 g/mol. The molecule has 0 aliphatic heterocycles. The number of allylic oxidation sites excluding steroid dienone is 2. The van der Waals surface area contributed by atoms with Gasteiger partial charge in [0.25, 0.3) is 0 Å². The van der Waals surface area contributed by atoms with Crippen LogP contribution in [0.3, 0.4) is 0 Å². The van der Waals surface area contributed by atoms with E-state index in [2.05, 4.69) is 19.1 Å². The fourth-order valence-corrected chi connectivity index (χ4v) is 4.96. The van der Waals surface area contributed by atoms with E-state index in [1.54, 1.807) is 5.57 Å². The van der Waals surface area contributed by atoms with Gasteiger partial charge in [-0.25, -0.2) is 0 Å². The van der Waals surface area contributed by atoms with Crippen molar-refractivity contribution < 1.29 is 5.11 Å². The lowest BCUT2D eigenvalue weighted by Gasteiger charge is -2.44. The SMILES string of the molecule is C[C@@]12CC=C3c4ccc(O)cc4CCC3[C@H]1CCC2. The van der Waals surface area contributed by atoms with Gasteiger partial charge in [-0.15, -0.1) is 0 Å². The number of hydrogen-bond acceptors (Lipinski definition) is 1. The average Bonchev–Trinajstić information content (AvgIpc) is 2.79. The Hall–Kier alpha value is -1.24. The van der Waals surface area contributed by atoms with Crippen LogP contribution in [0.4, 0.5) is 0 Å². The third kappa shape index (κ3) is 1.60. The number of fused-ring (bicyclic) bond motifs is 5. The predicted molar refractivity (Wildman–Crippen MR) is 78.0 cm³/mol. The van der Waals surface area contributed by atoms with Crippen LogP contribution in [0.5, 0.6) is 5.75 Å². The van der Waals surface area contributed by atoms with Gasteiger partial charge >= 0.3 is 0 Å². The van der Waals surface area contributed by atoms with E-state index in [0.717, 1.165) is 18.3 Å². The largest absolute Gasteiger partial charge is 0.508 e. The number of phenols is 1. The molecule has 0 radical (unpaired) electrons. The number of hydrogen-bond donors (Lipinski definition) is 1. The maximum atomic E-state index is 9.66. The molecule has 4 rings (SSSR count). The van der Waals surface area contributed by atoms with Crippen LogP contribution in [-0.4, -0.2) is 5.11 Å². The van der Waals surface area contributed by atoms with E-state index in [1.165, 1.54) is 43.2 Å². The van der Waals surface area contributed by atoms with Crippen molar-refractivity contribution in [2.24, 2.45) is 17.3 Å². The van der Waals surface area contributed by atoms with Crippen LogP contribution in [0.25, 0.3) is 5.57 Å². The molecule has 0 saturated heterocycles. The van der Waals surface area contributed by atoms with Crippen LogP contribution >= 0.6 is 0 Å². The second-order valence-electron chi connectivity index (χ2n) is 7.00. The zero-order valence-electron chi connectivity index (χ0n) is 11.7. The van der Waals surface area contributed by atoms with Crippen molar-refractivity contribution in [2.45, 2.75) is 45.4 Å². The highest BCUT2D eigenvalue weighted by molar-refractivity contribution is 5.73.